The number of hydrogen-bond donors (Lipinski definition) is 3. The zero-order valence-corrected chi connectivity index (χ0v) is 22.7. The van der Waals surface area contributed by atoms with Crippen LogP contribution in [0.15, 0.2) is 66.7 Å². The lowest BCUT2D eigenvalue weighted by Crippen LogP contribution is -2.27. The molecule has 2 amide bonds. The van der Waals surface area contributed by atoms with E-state index in [0.717, 1.165) is 11.1 Å². The number of nitrogen functional groups attached to an aromatic ring is 2. The van der Waals surface area contributed by atoms with Gasteiger partial charge in [0.25, 0.3) is 0 Å². The molecule has 5 N–H and O–H groups in total. The number of carbonyl (C=O) groups excluding carboxylic acids is 2. The third-order valence-electron chi connectivity index (χ3n) is 5.60. The van der Waals surface area contributed by atoms with Crippen LogP contribution >= 0.6 is 0 Å². The predicted octanol–water partition coefficient (Wildman–Crippen LogP) is 3.79. The molecule has 0 spiro atoms. The number of aromatic carboxylic acids is 1. The largest absolute Gasteiger partial charge is 0.478 e. The van der Waals surface area contributed by atoms with Gasteiger partial charge < -0.3 is 35.8 Å². The van der Waals surface area contributed by atoms with Crippen LogP contribution < -0.4 is 11.5 Å². The third kappa shape index (κ3) is 9.89. The van der Waals surface area contributed by atoms with E-state index in [-0.39, 0.29) is 18.8 Å². The van der Waals surface area contributed by atoms with Gasteiger partial charge in [0.15, 0.2) is 13.2 Å². The molecule has 3 aromatic carbocycles. The Morgan fingerprint density at radius 2 is 1.10 bits per heavy atom. The number of carboxylic acids is 1. The molecule has 0 bridgehead atoms. The van der Waals surface area contributed by atoms with Crippen LogP contribution in [-0.2, 0) is 22.6 Å². The summed E-state index contributed by atoms with van der Waals surface area (Å²) in [4.78, 5) is 38.8. The Morgan fingerprint density at radius 1 is 0.707 bits per heavy atom. The molecule has 0 aromatic heterocycles. The molecule has 41 heavy (non-hydrogen) atoms. The van der Waals surface area contributed by atoms with Gasteiger partial charge in [-0.25, -0.2) is 14.4 Å². The van der Waals surface area contributed by atoms with Crippen LogP contribution in [0.1, 0.15) is 32.6 Å². The highest BCUT2D eigenvalue weighted by Gasteiger charge is 2.11. The monoisotopic (exact) mass is 554 g/mol. The quantitative estimate of drug-likeness (QED) is 0.295. The molecule has 0 atom stereocenters. The van der Waals surface area contributed by atoms with Crippen LogP contribution in [0.25, 0.3) is 0 Å². The molecule has 0 fully saturated rings. The van der Waals surface area contributed by atoms with Crippen molar-refractivity contribution in [3.63, 3.8) is 0 Å². The van der Waals surface area contributed by atoms with Crippen LogP contribution in [0.4, 0.5) is 21.0 Å². The summed E-state index contributed by atoms with van der Waals surface area (Å²) in [6, 6.07) is 18.7. The fourth-order valence-electron chi connectivity index (χ4n) is 3.51. The lowest BCUT2D eigenvalue weighted by Gasteiger charge is -2.16. The zero-order valence-electron chi connectivity index (χ0n) is 22.7. The summed E-state index contributed by atoms with van der Waals surface area (Å²) in [7, 11) is 3.20. The Bertz CT molecular complexity index is 1410. The number of carbonyl (C=O) groups is 3. The summed E-state index contributed by atoms with van der Waals surface area (Å²) >= 11 is 0. The number of benzene rings is 3. The SMILES string of the molecule is CN(Cc1ccc(N)cc1)C(=O)OCC#Cc1cc(C#CCOC(=O)N(C)Cc2ccc(N)cc2)cc(C(=O)O)c1. The van der Waals surface area contributed by atoms with E-state index in [9.17, 15) is 19.5 Å². The first-order valence-electron chi connectivity index (χ1n) is 12.4. The molecule has 0 saturated carbocycles. The maximum absolute atomic E-state index is 12.2. The van der Waals surface area contributed by atoms with Gasteiger partial charge in [0.1, 0.15) is 0 Å². The van der Waals surface area contributed by atoms with Crippen LogP contribution in [0.3, 0.4) is 0 Å². The van der Waals surface area contributed by atoms with Crippen molar-refractivity contribution in [2.75, 3.05) is 38.8 Å². The van der Waals surface area contributed by atoms with E-state index in [1.807, 2.05) is 24.3 Å². The second-order valence-corrected chi connectivity index (χ2v) is 9.01. The van der Waals surface area contributed by atoms with Gasteiger partial charge in [0.05, 0.1) is 5.56 Å². The Labute approximate surface area is 238 Å². The Kier molecular flexibility index (Phi) is 10.6. The molecule has 0 unspecified atom stereocenters. The molecule has 210 valence electrons. The summed E-state index contributed by atoms with van der Waals surface area (Å²) < 4.78 is 10.4. The van der Waals surface area contributed by atoms with Gasteiger partial charge in [-0.05, 0) is 53.6 Å². The molecule has 0 heterocycles. The maximum Gasteiger partial charge on any atom is 0.410 e. The first kappa shape index (κ1) is 29.9. The summed E-state index contributed by atoms with van der Waals surface area (Å²) in [6.45, 7) is 0.291. The summed E-state index contributed by atoms with van der Waals surface area (Å²) in [5.74, 6) is 9.85. The molecule has 10 heteroatoms. The number of nitrogens with two attached hydrogens (primary N) is 2. The van der Waals surface area contributed by atoms with Crippen molar-refractivity contribution >= 4 is 29.5 Å². The van der Waals surface area contributed by atoms with E-state index in [2.05, 4.69) is 23.7 Å². The second-order valence-electron chi connectivity index (χ2n) is 9.01. The molecular weight excluding hydrogens is 524 g/mol. The lowest BCUT2D eigenvalue weighted by molar-refractivity contribution is 0.0696. The van der Waals surface area contributed by atoms with Gasteiger partial charge in [-0.3, -0.25) is 0 Å². The van der Waals surface area contributed by atoms with Crippen molar-refractivity contribution in [3.8, 4) is 23.7 Å². The fourth-order valence-corrected chi connectivity index (χ4v) is 3.51. The number of rotatable bonds is 7. The molecule has 0 radical (unpaired) electrons. The summed E-state index contributed by atoms with van der Waals surface area (Å²) in [6.07, 6.45) is -1.12. The molecule has 0 aliphatic heterocycles. The molecule has 3 rings (SSSR count). The van der Waals surface area contributed by atoms with Crippen LogP contribution in [0, 0.1) is 23.7 Å². The van der Waals surface area contributed by atoms with Crippen molar-refractivity contribution < 1.29 is 29.0 Å². The normalized spacial score (nSPS) is 9.80. The van der Waals surface area contributed by atoms with Gasteiger partial charge in [-0.1, -0.05) is 47.9 Å². The average molecular weight is 555 g/mol. The molecule has 0 aliphatic rings. The van der Waals surface area contributed by atoms with E-state index in [1.54, 1.807) is 44.4 Å². The number of ether oxygens (including phenoxy) is 2. The van der Waals surface area contributed by atoms with Gasteiger partial charge in [0.2, 0.25) is 0 Å². The Balaban J connectivity index is 1.54. The van der Waals surface area contributed by atoms with E-state index < -0.39 is 18.2 Å². The Morgan fingerprint density at radius 3 is 1.46 bits per heavy atom. The zero-order chi connectivity index (χ0) is 29.8. The minimum absolute atomic E-state index is 0.0125. The Hall–Kier alpha value is -5.61. The van der Waals surface area contributed by atoms with Crippen LogP contribution in [0.2, 0.25) is 0 Å². The van der Waals surface area contributed by atoms with Gasteiger partial charge in [-0.15, -0.1) is 0 Å². The average Bonchev–Trinajstić information content (AvgIpc) is 2.95. The van der Waals surface area contributed by atoms with Crippen LogP contribution in [-0.4, -0.2) is 60.4 Å². The highest BCUT2D eigenvalue weighted by molar-refractivity contribution is 5.88. The number of amides is 2. The second kappa shape index (κ2) is 14.5. The highest BCUT2D eigenvalue weighted by atomic mass is 16.6. The van der Waals surface area contributed by atoms with Crippen molar-refractivity contribution in [1.29, 1.82) is 0 Å². The summed E-state index contributed by atoms with van der Waals surface area (Å²) in [5, 5.41) is 9.46. The van der Waals surface area contributed by atoms with Crippen molar-refractivity contribution in [3.05, 3.63) is 94.5 Å². The standard InChI is InChI=1S/C31H30N4O6/c1-34(20-22-7-11-27(32)12-8-22)30(38)40-15-3-5-24-17-25(19-26(18-24)29(36)37)6-4-16-41-31(39)35(2)21-23-9-13-28(33)14-10-23/h7-14,17-19H,15-16,20-21,32-33H2,1-2H3,(H,36,37). The van der Waals surface area contributed by atoms with Gasteiger partial charge in [0, 0.05) is 49.7 Å². The highest BCUT2D eigenvalue weighted by Crippen LogP contribution is 2.11. The smallest absolute Gasteiger partial charge is 0.410 e. The minimum Gasteiger partial charge on any atom is -0.478 e. The minimum atomic E-state index is -1.15. The predicted molar refractivity (Wildman–Crippen MR) is 154 cm³/mol. The number of nitrogens with zero attached hydrogens (tertiary/aromatic N) is 2. The van der Waals surface area contributed by atoms with E-state index >= 15 is 0 Å². The molecule has 10 nitrogen and oxygen atoms in total. The topological polar surface area (TPSA) is 148 Å². The lowest BCUT2D eigenvalue weighted by atomic mass is 10.1. The molecule has 3 aromatic rings. The van der Waals surface area contributed by atoms with E-state index in [4.69, 9.17) is 20.9 Å². The van der Waals surface area contributed by atoms with Crippen molar-refractivity contribution in [2.45, 2.75) is 13.1 Å². The van der Waals surface area contributed by atoms with E-state index in [1.165, 1.54) is 21.9 Å². The third-order valence-corrected chi connectivity index (χ3v) is 5.60. The van der Waals surface area contributed by atoms with Gasteiger partial charge in [-0.2, -0.15) is 0 Å². The molecule has 0 saturated heterocycles. The van der Waals surface area contributed by atoms with Crippen molar-refractivity contribution in [1.82, 2.24) is 9.80 Å². The van der Waals surface area contributed by atoms with Gasteiger partial charge >= 0.3 is 18.2 Å². The number of hydrogen-bond acceptors (Lipinski definition) is 7. The summed E-state index contributed by atoms with van der Waals surface area (Å²) in [5.41, 5.74) is 15.1. The fraction of sp³-hybridized carbons (Fsp3) is 0.194. The first-order valence-corrected chi connectivity index (χ1v) is 12.4. The first-order chi connectivity index (χ1) is 19.6. The number of anilines is 2. The van der Waals surface area contributed by atoms with E-state index in [0.29, 0.717) is 35.6 Å². The van der Waals surface area contributed by atoms with Crippen LogP contribution in [0.5, 0.6) is 0 Å². The van der Waals surface area contributed by atoms with Crippen molar-refractivity contribution in [2.24, 2.45) is 0 Å². The maximum atomic E-state index is 12.2. The number of carboxylic acid groups (broad SMARTS) is 1. The molecular formula is C31H30N4O6. The molecule has 0 aliphatic carbocycles.